The van der Waals surface area contributed by atoms with Crippen molar-refractivity contribution in [2.45, 2.75) is 6.54 Å². The van der Waals surface area contributed by atoms with Gasteiger partial charge in [-0.3, -0.25) is 9.59 Å². The fraction of sp³-hybridized carbons (Fsp3) is 0.0556. The number of carbonyl (C=O) groups excluding carboxylic acids is 1. The zero-order chi connectivity index (χ0) is 17.1. The third kappa shape index (κ3) is 3.03. The van der Waals surface area contributed by atoms with Crippen LogP contribution >= 0.6 is 0 Å². The maximum Gasteiger partial charge on any atom is 0.341 e. The molecule has 3 aromatic rings. The van der Waals surface area contributed by atoms with Crippen LogP contribution in [0, 0.1) is 0 Å². The summed E-state index contributed by atoms with van der Waals surface area (Å²) in [5.41, 5.74) is -0.436. The number of aromatic nitrogens is 1. The Balaban J connectivity index is 1.85. The number of carboxylic acid groups (broad SMARTS) is 1. The van der Waals surface area contributed by atoms with Gasteiger partial charge in [-0.2, -0.15) is 0 Å². The summed E-state index contributed by atoms with van der Waals surface area (Å²) in [5.74, 6) is -1.72. The molecule has 0 fully saturated rings. The Hall–Kier alpha value is -3.41. The minimum atomic E-state index is -1.32. The van der Waals surface area contributed by atoms with Gasteiger partial charge in [0.2, 0.25) is 5.91 Å². The quantitative estimate of drug-likeness (QED) is 0.771. The van der Waals surface area contributed by atoms with Crippen LogP contribution in [-0.4, -0.2) is 21.6 Å². The zero-order valence-corrected chi connectivity index (χ0v) is 12.6. The predicted octanol–water partition coefficient (Wildman–Crippen LogP) is 2.34. The molecule has 120 valence electrons. The van der Waals surface area contributed by atoms with Gasteiger partial charge < -0.3 is 15.0 Å². The number of benzene rings is 2. The molecule has 0 aliphatic rings. The fourth-order valence-electron chi connectivity index (χ4n) is 2.50. The second-order valence-electron chi connectivity index (χ2n) is 5.23. The summed E-state index contributed by atoms with van der Waals surface area (Å²) in [6.45, 7) is -0.261. The van der Waals surface area contributed by atoms with Crippen LogP contribution in [0.3, 0.4) is 0 Å². The molecule has 0 bridgehead atoms. The molecule has 6 nitrogen and oxygen atoms in total. The highest BCUT2D eigenvalue weighted by Gasteiger charge is 2.12. The van der Waals surface area contributed by atoms with Gasteiger partial charge in [-0.15, -0.1) is 0 Å². The Labute approximate surface area is 137 Å². The van der Waals surface area contributed by atoms with Crippen molar-refractivity contribution < 1.29 is 14.7 Å². The summed E-state index contributed by atoms with van der Waals surface area (Å²) in [4.78, 5) is 35.2. The monoisotopic (exact) mass is 322 g/mol. The van der Waals surface area contributed by atoms with E-state index in [-0.39, 0.29) is 12.1 Å². The Morgan fingerprint density at radius 1 is 1.00 bits per heavy atom. The van der Waals surface area contributed by atoms with Crippen LogP contribution in [0.2, 0.25) is 0 Å². The van der Waals surface area contributed by atoms with Gasteiger partial charge in [0.05, 0.1) is 0 Å². The summed E-state index contributed by atoms with van der Waals surface area (Å²) < 4.78 is 1.07. The second-order valence-corrected chi connectivity index (χ2v) is 5.23. The number of aromatic carboxylic acids is 1. The highest BCUT2D eigenvalue weighted by atomic mass is 16.4. The molecule has 1 aromatic heterocycles. The number of rotatable bonds is 4. The topological polar surface area (TPSA) is 88.4 Å². The SMILES string of the molecule is O=C(Cn1cccc(C(=O)O)c1=O)Nc1cccc2ccccc12. The Kier molecular flexibility index (Phi) is 4.11. The summed E-state index contributed by atoms with van der Waals surface area (Å²) in [5, 5.41) is 13.6. The average Bonchev–Trinajstić information content (AvgIpc) is 2.57. The number of pyridine rings is 1. The van der Waals surface area contributed by atoms with Crippen LogP contribution in [0.4, 0.5) is 5.69 Å². The van der Waals surface area contributed by atoms with E-state index in [1.54, 1.807) is 6.07 Å². The van der Waals surface area contributed by atoms with Crippen molar-refractivity contribution in [3.05, 3.63) is 76.7 Å². The number of anilines is 1. The van der Waals surface area contributed by atoms with Gasteiger partial charge in [0.25, 0.3) is 5.56 Å². The molecule has 0 atom stereocenters. The van der Waals surface area contributed by atoms with Gasteiger partial charge in [-0.25, -0.2) is 4.79 Å². The molecular weight excluding hydrogens is 308 g/mol. The molecule has 24 heavy (non-hydrogen) atoms. The number of carbonyl (C=O) groups is 2. The normalized spacial score (nSPS) is 10.5. The first-order valence-electron chi connectivity index (χ1n) is 7.26. The lowest BCUT2D eigenvalue weighted by atomic mass is 10.1. The molecule has 0 aliphatic heterocycles. The number of carboxylic acids is 1. The number of fused-ring (bicyclic) bond motifs is 1. The lowest BCUT2D eigenvalue weighted by Crippen LogP contribution is -2.30. The molecule has 0 aliphatic carbocycles. The summed E-state index contributed by atoms with van der Waals surface area (Å²) in [6.07, 6.45) is 1.39. The van der Waals surface area contributed by atoms with Crippen LogP contribution in [0.5, 0.6) is 0 Å². The first-order valence-corrected chi connectivity index (χ1v) is 7.26. The van der Waals surface area contributed by atoms with Gasteiger partial charge in [-0.05, 0) is 23.6 Å². The minimum absolute atomic E-state index is 0.261. The molecule has 0 saturated heterocycles. The van der Waals surface area contributed by atoms with Crippen LogP contribution in [0.25, 0.3) is 10.8 Å². The first-order chi connectivity index (χ1) is 11.6. The van der Waals surface area contributed by atoms with Crippen LogP contribution in [-0.2, 0) is 11.3 Å². The number of hydrogen-bond donors (Lipinski definition) is 2. The zero-order valence-electron chi connectivity index (χ0n) is 12.6. The third-order valence-electron chi connectivity index (χ3n) is 3.63. The van der Waals surface area contributed by atoms with E-state index in [1.807, 2.05) is 36.4 Å². The number of nitrogens with one attached hydrogen (secondary N) is 1. The van der Waals surface area contributed by atoms with Gasteiger partial charge >= 0.3 is 5.97 Å². The molecule has 0 spiro atoms. The van der Waals surface area contributed by atoms with E-state index < -0.39 is 17.4 Å². The Bertz CT molecular complexity index is 986. The van der Waals surface area contributed by atoms with Gasteiger partial charge in [-0.1, -0.05) is 36.4 Å². The van der Waals surface area contributed by atoms with Gasteiger partial charge in [0, 0.05) is 17.3 Å². The highest BCUT2D eigenvalue weighted by molar-refractivity contribution is 6.02. The van der Waals surface area contributed by atoms with E-state index >= 15 is 0 Å². The lowest BCUT2D eigenvalue weighted by molar-refractivity contribution is -0.116. The molecular formula is C18H14N2O4. The number of nitrogens with zero attached hydrogens (tertiary/aromatic N) is 1. The average molecular weight is 322 g/mol. The highest BCUT2D eigenvalue weighted by Crippen LogP contribution is 2.22. The molecule has 0 saturated carbocycles. The van der Waals surface area contributed by atoms with Crippen LogP contribution in [0.15, 0.2) is 65.6 Å². The van der Waals surface area contributed by atoms with Crippen LogP contribution in [0.1, 0.15) is 10.4 Å². The molecule has 1 amide bonds. The minimum Gasteiger partial charge on any atom is -0.477 e. The van der Waals surface area contributed by atoms with Crippen molar-refractivity contribution in [2.75, 3.05) is 5.32 Å². The molecule has 1 heterocycles. The molecule has 0 radical (unpaired) electrons. The Morgan fingerprint density at radius 3 is 2.54 bits per heavy atom. The van der Waals surface area contributed by atoms with Crippen molar-refractivity contribution >= 4 is 28.3 Å². The van der Waals surface area contributed by atoms with E-state index in [0.717, 1.165) is 15.3 Å². The Morgan fingerprint density at radius 2 is 1.75 bits per heavy atom. The van der Waals surface area contributed by atoms with Crippen molar-refractivity contribution in [1.29, 1.82) is 0 Å². The standard InChI is InChI=1S/C18H14N2O4/c21-16(11-20-10-4-8-14(17(20)22)18(23)24)19-15-9-3-6-12-5-1-2-7-13(12)15/h1-10H,11H2,(H,19,21)(H,23,24). The van der Waals surface area contributed by atoms with Crippen LogP contribution < -0.4 is 10.9 Å². The maximum atomic E-state index is 12.2. The molecule has 2 N–H and O–H groups in total. The molecule has 2 aromatic carbocycles. The molecule has 0 unspecified atom stereocenters. The van der Waals surface area contributed by atoms with E-state index in [2.05, 4.69) is 5.32 Å². The molecule has 6 heteroatoms. The van der Waals surface area contributed by atoms with Crippen molar-refractivity contribution in [1.82, 2.24) is 4.57 Å². The first kappa shape index (κ1) is 15.5. The number of hydrogen-bond acceptors (Lipinski definition) is 3. The van der Waals surface area contributed by atoms with E-state index in [4.69, 9.17) is 5.11 Å². The largest absolute Gasteiger partial charge is 0.477 e. The summed E-state index contributed by atoms with van der Waals surface area (Å²) in [7, 11) is 0. The predicted molar refractivity (Wildman–Crippen MR) is 90.2 cm³/mol. The van der Waals surface area contributed by atoms with Gasteiger partial charge in [0.1, 0.15) is 12.1 Å². The second kappa shape index (κ2) is 6.37. The van der Waals surface area contributed by atoms with E-state index in [1.165, 1.54) is 18.3 Å². The fourth-order valence-corrected chi connectivity index (χ4v) is 2.50. The summed E-state index contributed by atoms with van der Waals surface area (Å²) in [6, 6.07) is 15.8. The van der Waals surface area contributed by atoms with Crippen molar-refractivity contribution in [3.63, 3.8) is 0 Å². The summed E-state index contributed by atoms with van der Waals surface area (Å²) >= 11 is 0. The van der Waals surface area contributed by atoms with E-state index in [0.29, 0.717) is 5.69 Å². The lowest BCUT2D eigenvalue weighted by Gasteiger charge is -2.10. The van der Waals surface area contributed by atoms with Crippen molar-refractivity contribution in [2.24, 2.45) is 0 Å². The van der Waals surface area contributed by atoms with Crippen molar-refractivity contribution in [3.8, 4) is 0 Å². The van der Waals surface area contributed by atoms with E-state index in [9.17, 15) is 14.4 Å². The van der Waals surface area contributed by atoms with Gasteiger partial charge in [0.15, 0.2) is 0 Å². The third-order valence-corrected chi connectivity index (χ3v) is 3.63. The number of amides is 1. The maximum absolute atomic E-state index is 12.2. The smallest absolute Gasteiger partial charge is 0.341 e. The molecule has 3 rings (SSSR count).